The number of carbonyl (C=O) groups excluding carboxylic acids is 1. The summed E-state index contributed by atoms with van der Waals surface area (Å²) in [5, 5.41) is 3.47. The van der Waals surface area contributed by atoms with Crippen molar-refractivity contribution in [3.63, 3.8) is 0 Å². The van der Waals surface area contributed by atoms with Crippen LogP contribution in [0, 0.1) is 0 Å². The summed E-state index contributed by atoms with van der Waals surface area (Å²) in [6.07, 6.45) is 0. The third-order valence-corrected chi connectivity index (χ3v) is 6.06. The minimum atomic E-state index is -0.337. The summed E-state index contributed by atoms with van der Waals surface area (Å²) < 4.78 is 11.5. The number of carbonyl (C=O) groups is 1. The number of nitrogens with zero attached hydrogens (tertiary/aromatic N) is 1. The number of ether oxygens (including phenoxy) is 2. The molecule has 0 saturated heterocycles. The average Bonchev–Trinajstić information content (AvgIpc) is 2.83. The fourth-order valence-corrected chi connectivity index (χ4v) is 4.55. The fourth-order valence-electron chi connectivity index (χ4n) is 4.55. The third-order valence-electron chi connectivity index (χ3n) is 6.06. The Kier molecular flexibility index (Phi) is 6.35. The van der Waals surface area contributed by atoms with Crippen LogP contribution in [0.25, 0.3) is 0 Å². The fraction of sp³-hybridized carbons (Fsp3) is 0.296. The van der Waals surface area contributed by atoms with Crippen LogP contribution < -0.4 is 15.0 Å². The quantitative estimate of drug-likeness (QED) is 0.362. The Bertz CT molecular complexity index is 1120. The number of rotatable bonds is 7. The molecule has 0 aromatic heterocycles. The molecule has 166 valence electrons. The van der Waals surface area contributed by atoms with Crippen LogP contribution in [0.4, 0.5) is 11.4 Å². The zero-order chi connectivity index (χ0) is 22.7. The van der Waals surface area contributed by atoms with Crippen LogP contribution in [0.15, 0.2) is 60.7 Å². The van der Waals surface area contributed by atoms with Crippen LogP contribution >= 0.6 is 0 Å². The SMILES string of the molecule is CCNc1cccc2c1C(c1ccccc1C(=O)OC)c1ccc(N(CC)CC)cc1O2. The van der Waals surface area contributed by atoms with Gasteiger partial charge in [0.05, 0.1) is 12.7 Å². The van der Waals surface area contributed by atoms with E-state index in [-0.39, 0.29) is 11.9 Å². The Morgan fingerprint density at radius 3 is 2.47 bits per heavy atom. The molecule has 3 aromatic rings. The van der Waals surface area contributed by atoms with E-state index >= 15 is 0 Å². The lowest BCUT2D eigenvalue weighted by Crippen LogP contribution is -2.22. The number of esters is 1. The van der Waals surface area contributed by atoms with Crippen molar-refractivity contribution in [2.45, 2.75) is 26.7 Å². The molecule has 0 fully saturated rings. The van der Waals surface area contributed by atoms with Crippen molar-refractivity contribution in [1.29, 1.82) is 0 Å². The normalized spacial score (nSPS) is 14.1. The first-order valence-electron chi connectivity index (χ1n) is 11.2. The number of hydrogen-bond acceptors (Lipinski definition) is 5. The molecule has 3 aromatic carbocycles. The predicted octanol–water partition coefficient (Wildman–Crippen LogP) is 6.04. The molecule has 1 heterocycles. The third kappa shape index (κ3) is 3.79. The Morgan fingerprint density at radius 1 is 0.969 bits per heavy atom. The van der Waals surface area contributed by atoms with E-state index in [9.17, 15) is 4.79 Å². The highest BCUT2D eigenvalue weighted by Crippen LogP contribution is 2.51. The van der Waals surface area contributed by atoms with Gasteiger partial charge in [-0.1, -0.05) is 30.3 Å². The van der Waals surface area contributed by atoms with Gasteiger partial charge in [-0.05, 0) is 50.6 Å². The van der Waals surface area contributed by atoms with Crippen molar-refractivity contribution >= 4 is 17.3 Å². The maximum atomic E-state index is 12.7. The molecule has 4 rings (SSSR count). The second-order valence-corrected chi connectivity index (χ2v) is 7.76. The van der Waals surface area contributed by atoms with Crippen molar-refractivity contribution in [2.75, 3.05) is 37.0 Å². The molecular weight excluding hydrogens is 400 g/mol. The van der Waals surface area contributed by atoms with Crippen LogP contribution in [-0.4, -0.2) is 32.7 Å². The number of fused-ring (bicyclic) bond motifs is 2. The average molecular weight is 431 g/mol. The number of methoxy groups -OCH3 is 1. The number of hydrogen-bond donors (Lipinski definition) is 1. The van der Waals surface area contributed by atoms with Gasteiger partial charge in [0.15, 0.2) is 0 Å². The van der Waals surface area contributed by atoms with E-state index in [1.54, 1.807) is 0 Å². The van der Waals surface area contributed by atoms with Gasteiger partial charge >= 0.3 is 5.97 Å². The van der Waals surface area contributed by atoms with Gasteiger partial charge in [-0.25, -0.2) is 4.79 Å². The monoisotopic (exact) mass is 430 g/mol. The summed E-state index contributed by atoms with van der Waals surface area (Å²) in [5.41, 5.74) is 5.68. The van der Waals surface area contributed by atoms with Gasteiger partial charge in [-0.15, -0.1) is 0 Å². The molecule has 0 bridgehead atoms. The number of nitrogens with one attached hydrogen (secondary N) is 1. The molecule has 0 saturated carbocycles. The van der Waals surface area contributed by atoms with E-state index in [2.05, 4.69) is 55.3 Å². The molecule has 0 amide bonds. The van der Waals surface area contributed by atoms with Crippen molar-refractivity contribution in [1.82, 2.24) is 0 Å². The Morgan fingerprint density at radius 2 is 1.75 bits per heavy atom. The molecule has 1 atom stereocenters. The summed E-state index contributed by atoms with van der Waals surface area (Å²) in [6, 6.07) is 20.1. The molecule has 0 spiro atoms. The molecule has 1 aliphatic heterocycles. The first kappa shape index (κ1) is 21.8. The van der Waals surface area contributed by atoms with Gasteiger partial charge in [0.2, 0.25) is 0 Å². The molecule has 5 nitrogen and oxygen atoms in total. The number of anilines is 2. The first-order chi connectivity index (χ1) is 15.6. The molecule has 1 aliphatic rings. The predicted molar refractivity (Wildman–Crippen MR) is 129 cm³/mol. The Hall–Kier alpha value is -3.47. The maximum Gasteiger partial charge on any atom is 0.338 e. The lowest BCUT2D eigenvalue weighted by atomic mass is 9.79. The van der Waals surface area contributed by atoms with Crippen LogP contribution in [-0.2, 0) is 4.74 Å². The summed E-state index contributed by atoms with van der Waals surface area (Å²) >= 11 is 0. The van der Waals surface area contributed by atoms with Crippen LogP contribution in [0.3, 0.4) is 0 Å². The van der Waals surface area contributed by atoms with E-state index < -0.39 is 0 Å². The van der Waals surface area contributed by atoms with E-state index in [0.717, 1.165) is 59.2 Å². The van der Waals surface area contributed by atoms with Crippen LogP contribution in [0.1, 0.15) is 53.7 Å². The van der Waals surface area contributed by atoms with Gasteiger partial charge in [0.1, 0.15) is 11.5 Å². The smallest absolute Gasteiger partial charge is 0.338 e. The minimum Gasteiger partial charge on any atom is -0.465 e. The second-order valence-electron chi connectivity index (χ2n) is 7.76. The van der Waals surface area contributed by atoms with Gasteiger partial charge in [0.25, 0.3) is 0 Å². The van der Waals surface area contributed by atoms with E-state index in [0.29, 0.717) is 5.56 Å². The van der Waals surface area contributed by atoms with Gasteiger partial charge in [0, 0.05) is 54.1 Å². The van der Waals surface area contributed by atoms with E-state index in [4.69, 9.17) is 9.47 Å². The summed E-state index contributed by atoms with van der Waals surface area (Å²) in [6.45, 7) is 9.00. The maximum absolute atomic E-state index is 12.7. The van der Waals surface area contributed by atoms with Gasteiger partial charge in [-0.3, -0.25) is 0 Å². The molecule has 0 aliphatic carbocycles. The van der Waals surface area contributed by atoms with Crippen LogP contribution in [0.5, 0.6) is 11.5 Å². The summed E-state index contributed by atoms with van der Waals surface area (Å²) in [5.74, 6) is 1.12. The van der Waals surface area contributed by atoms with Crippen molar-refractivity contribution in [3.8, 4) is 11.5 Å². The van der Waals surface area contributed by atoms with Crippen molar-refractivity contribution in [3.05, 3.63) is 82.9 Å². The van der Waals surface area contributed by atoms with Crippen molar-refractivity contribution < 1.29 is 14.3 Å². The summed E-state index contributed by atoms with van der Waals surface area (Å²) in [4.78, 5) is 15.0. The standard InChI is InChI=1S/C27H30N2O3/c1-5-28-22-13-10-14-23-26(22)25(19-11-8-9-12-20(19)27(30)31-4)21-16-15-18(17-24(21)32-23)29(6-2)7-3/h8-17,25,28H,5-7H2,1-4H3. The first-order valence-corrected chi connectivity index (χ1v) is 11.2. The zero-order valence-corrected chi connectivity index (χ0v) is 19.1. The summed E-state index contributed by atoms with van der Waals surface area (Å²) in [7, 11) is 1.42. The lowest BCUT2D eigenvalue weighted by molar-refractivity contribution is 0.0599. The molecule has 1 unspecified atom stereocenters. The number of benzene rings is 3. The highest BCUT2D eigenvalue weighted by atomic mass is 16.5. The van der Waals surface area contributed by atoms with Gasteiger partial charge in [-0.2, -0.15) is 0 Å². The second kappa shape index (κ2) is 9.35. The molecule has 1 N–H and O–H groups in total. The highest BCUT2D eigenvalue weighted by molar-refractivity contribution is 5.92. The van der Waals surface area contributed by atoms with E-state index in [1.165, 1.54) is 7.11 Å². The molecule has 5 heteroatoms. The Balaban J connectivity index is 1.96. The lowest BCUT2D eigenvalue weighted by Gasteiger charge is -2.32. The molecular formula is C27H30N2O3. The topological polar surface area (TPSA) is 50.8 Å². The molecule has 32 heavy (non-hydrogen) atoms. The minimum absolute atomic E-state index is 0.162. The zero-order valence-electron chi connectivity index (χ0n) is 19.1. The van der Waals surface area contributed by atoms with E-state index in [1.807, 2.05) is 36.4 Å². The Labute approximate surface area is 190 Å². The molecule has 0 radical (unpaired) electrons. The van der Waals surface area contributed by atoms with Crippen LogP contribution in [0.2, 0.25) is 0 Å². The van der Waals surface area contributed by atoms with Crippen molar-refractivity contribution in [2.24, 2.45) is 0 Å². The van der Waals surface area contributed by atoms with Gasteiger partial charge < -0.3 is 19.7 Å². The highest BCUT2D eigenvalue weighted by Gasteiger charge is 2.33. The largest absolute Gasteiger partial charge is 0.465 e.